The van der Waals surface area contributed by atoms with Gasteiger partial charge in [-0.3, -0.25) is 0 Å². The summed E-state index contributed by atoms with van der Waals surface area (Å²) < 4.78 is 103. The van der Waals surface area contributed by atoms with Gasteiger partial charge in [-0.1, -0.05) is 30.3 Å². The summed E-state index contributed by atoms with van der Waals surface area (Å²) >= 11 is 0. The summed E-state index contributed by atoms with van der Waals surface area (Å²) in [4.78, 5) is 0. The van der Waals surface area contributed by atoms with E-state index in [0.29, 0.717) is 45.9 Å². The molecule has 2 aromatic rings. The summed E-state index contributed by atoms with van der Waals surface area (Å²) in [6.07, 6.45) is -7.44. The summed E-state index contributed by atoms with van der Waals surface area (Å²) in [5.74, 6) is 0.160. The van der Waals surface area contributed by atoms with Gasteiger partial charge in [-0.15, -0.1) is 12.4 Å². The molecular weight excluding hydrogens is 576 g/mol. The van der Waals surface area contributed by atoms with E-state index in [4.69, 9.17) is 18.9 Å². The number of methoxy groups -OCH3 is 1. The van der Waals surface area contributed by atoms with Crippen molar-refractivity contribution in [1.82, 2.24) is 5.32 Å². The zero-order chi connectivity index (χ0) is 28.8. The molecule has 4 unspecified atom stereocenters. The number of ether oxygens (including phenoxy) is 4. The maximum Gasteiger partial charge on any atom is 0.416 e. The number of hydrogen-bond acceptors (Lipinski definition) is 5. The lowest BCUT2D eigenvalue weighted by Crippen LogP contribution is -2.54. The molecule has 2 saturated heterocycles. The van der Waals surface area contributed by atoms with Gasteiger partial charge in [0.1, 0.15) is 0 Å². The third kappa shape index (κ3) is 8.58. The van der Waals surface area contributed by atoms with Crippen LogP contribution >= 0.6 is 12.4 Å². The van der Waals surface area contributed by atoms with Gasteiger partial charge >= 0.3 is 12.4 Å². The molecule has 2 aliphatic rings. The van der Waals surface area contributed by atoms with Crippen LogP contribution < -0.4 is 5.32 Å². The fourth-order valence-corrected chi connectivity index (χ4v) is 5.76. The molecule has 1 N–H and O–H groups in total. The van der Waals surface area contributed by atoms with Crippen molar-refractivity contribution in [2.75, 3.05) is 40.1 Å². The molecule has 0 amide bonds. The maximum absolute atomic E-state index is 13.4. The van der Waals surface area contributed by atoms with E-state index in [0.717, 1.165) is 30.5 Å². The van der Waals surface area contributed by atoms with Crippen LogP contribution in [-0.2, 0) is 43.4 Å². The Morgan fingerprint density at radius 1 is 0.854 bits per heavy atom. The first-order valence-electron chi connectivity index (χ1n) is 13.4. The lowest BCUT2D eigenvalue weighted by atomic mass is 9.80. The molecule has 0 radical (unpaired) electrons. The summed E-state index contributed by atoms with van der Waals surface area (Å²) in [6, 6.07) is 11.4. The van der Waals surface area contributed by atoms with Crippen LogP contribution in [0.3, 0.4) is 0 Å². The van der Waals surface area contributed by atoms with E-state index >= 15 is 0 Å². The highest BCUT2D eigenvalue weighted by Crippen LogP contribution is 2.48. The molecule has 12 heteroatoms. The standard InChI is InChI=1S/C29H35F6NO4.ClH/c1-37-10-5-11-38-12-13-39-19-21-17-27(22-6-3-2-4-7-22)26(9-8-25(21)36-27)40-18-20-14-23(28(30,31)32)16-24(15-20)29(33,34)35;/h2-4,6-7,14-16,21,25-26,36H,5,8-13,17-19H2,1H3;1H. The normalized spacial score (nSPS) is 24.3. The molecule has 4 rings (SSSR count). The number of piperidine rings is 1. The highest BCUT2D eigenvalue weighted by Gasteiger charge is 2.54. The van der Waals surface area contributed by atoms with Crippen LogP contribution in [-0.4, -0.2) is 52.3 Å². The van der Waals surface area contributed by atoms with Crippen LogP contribution in [0, 0.1) is 5.92 Å². The van der Waals surface area contributed by atoms with E-state index in [1.54, 1.807) is 7.11 Å². The van der Waals surface area contributed by atoms with Crippen molar-refractivity contribution in [3.63, 3.8) is 0 Å². The first-order valence-corrected chi connectivity index (χ1v) is 13.4. The van der Waals surface area contributed by atoms with Crippen LogP contribution in [0.4, 0.5) is 26.3 Å². The molecule has 4 atom stereocenters. The SMILES string of the molecule is COCCCOCCOCC1CC2(c3ccccc3)NC1CCC2OCc1cc(C(F)(F)F)cc(C(F)(F)F)c1.Cl. The van der Waals surface area contributed by atoms with Gasteiger partial charge in [-0.05, 0) is 60.9 Å². The number of hydrogen-bond donors (Lipinski definition) is 1. The van der Waals surface area contributed by atoms with Gasteiger partial charge in [-0.25, -0.2) is 0 Å². The minimum absolute atomic E-state index is 0. The maximum atomic E-state index is 13.4. The van der Waals surface area contributed by atoms with Crippen molar-refractivity contribution in [3.05, 3.63) is 70.8 Å². The number of alkyl halides is 6. The smallest absolute Gasteiger partial charge is 0.385 e. The van der Waals surface area contributed by atoms with E-state index in [1.807, 2.05) is 30.3 Å². The molecule has 2 aliphatic heterocycles. The topological polar surface area (TPSA) is 49.0 Å². The Morgan fingerprint density at radius 3 is 2.15 bits per heavy atom. The monoisotopic (exact) mass is 611 g/mol. The average molecular weight is 612 g/mol. The van der Waals surface area contributed by atoms with E-state index in [1.165, 1.54) is 0 Å². The average Bonchev–Trinajstić information content (AvgIpc) is 3.22. The minimum Gasteiger partial charge on any atom is -0.385 e. The largest absolute Gasteiger partial charge is 0.416 e. The van der Waals surface area contributed by atoms with Crippen LogP contribution in [0.15, 0.2) is 48.5 Å². The molecule has 41 heavy (non-hydrogen) atoms. The summed E-state index contributed by atoms with van der Waals surface area (Å²) in [5, 5.41) is 3.69. The molecule has 230 valence electrons. The van der Waals surface area contributed by atoms with Crippen molar-refractivity contribution >= 4 is 12.4 Å². The van der Waals surface area contributed by atoms with Gasteiger partial charge in [0.15, 0.2) is 0 Å². The number of rotatable bonds is 13. The second-order valence-corrected chi connectivity index (χ2v) is 10.4. The Morgan fingerprint density at radius 2 is 1.51 bits per heavy atom. The molecule has 2 heterocycles. The molecule has 0 aliphatic carbocycles. The van der Waals surface area contributed by atoms with Crippen molar-refractivity contribution in [2.24, 2.45) is 5.92 Å². The van der Waals surface area contributed by atoms with Crippen molar-refractivity contribution < 1.29 is 45.3 Å². The summed E-state index contributed by atoms with van der Waals surface area (Å²) in [5.41, 5.74) is -2.53. The fourth-order valence-electron chi connectivity index (χ4n) is 5.76. The van der Waals surface area contributed by atoms with Crippen molar-refractivity contribution in [3.8, 4) is 0 Å². The molecule has 2 bridgehead atoms. The van der Waals surface area contributed by atoms with E-state index < -0.39 is 35.1 Å². The van der Waals surface area contributed by atoms with Gasteiger partial charge in [0.2, 0.25) is 0 Å². The fraction of sp³-hybridized carbons (Fsp3) is 0.586. The van der Waals surface area contributed by atoms with E-state index in [9.17, 15) is 26.3 Å². The first kappa shape index (κ1) is 33.6. The minimum atomic E-state index is -4.91. The van der Waals surface area contributed by atoms with Gasteiger partial charge < -0.3 is 24.3 Å². The lowest BCUT2D eigenvalue weighted by Gasteiger charge is -2.42. The summed E-state index contributed by atoms with van der Waals surface area (Å²) in [7, 11) is 1.64. The van der Waals surface area contributed by atoms with Gasteiger partial charge in [0.05, 0.1) is 49.2 Å². The van der Waals surface area contributed by atoms with Crippen LogP contribution in [0.2, 0.25) is 0 Å². The van der Waals surface area contributed by atoms with Crippen LogP contribution in [0.25, 0.3) is 0 Å². The highest BCUT2D eigenvalue weighted by atomic mass is 35.5. The van der Waals surface area contributed by atoms with Crippen LogP contribution in [0.5, 0.6) is 0 Å². The Hall–Kier alpha value is -1.89. The predicted octanol–water partition coefficient (Wildman–Crippen LogP) is 6.77. The number of fused-ring (bicyclic) bond motifs is 2. The quantitative estimate of drug-likeness (QED) is 0.200. The number of halogens is 7. The Labute approximate surface area is 242 Å². The number of benzene rings is 2. The Kier molecular flexibility index (Phi) is 11.9. The summed E-state index contributed by atoms with van der Waals surface area (Å²) in [6.45, 7) is 2.28. The predicted molar refractivity (Wildman–Crippen MR) is 143 cm³/mol. The highest BCUT2D eigenvalue weighted by molar-refractivity contribution is 5.85. The molecular formula is C29H36ClF6NO4. The third-order valence-electron chi connectivity index (χ3n) is 7.61. The first-order chi connectivity index (χ1) is 19.0. The van der Waals surface area contributed by atoms with Crippen LogP contribution in [0.1, 0.15) is 47.9 Å². The second-order valence-electron chi connectivity index (χ2n) is 10.4. The zero-order valence-electron chi connectivity index (χ0n) is 22.7. The molecule has 0 spiro atoms. The van der Waals surface area contributed by atoms with Gasteiger partial charge in [0.25, 0.3) is 0 Å². The van der Waals surface area contributed by atoms with Gasteiger partial charge in [0, 0.05) is 26.4 Å². The number of nitrogens with one attached hydrogen (secondary N) is 1. The Balaban J connectivity index is 0.00000462. The lowest BCUT2D eigenvalue weighted by molar-refractivity contribution is -0.143. The molecule has 2 fully saturated rings. The molecule has 0 saturated carbocycles. The van der Waals surface area contributed by atoms with E-state index in [-0.39, 0.29) is 42.6 Å². The molecule has 5 nitrogen and oxygen atoms in total. The molecule has 2 aromatic carbocycles. The van der Waals surface area contributed by atoms with Gasteiger partial charge in [-0.2, -0.15) is 26.3 Å². The third-order valence-corrected chi connectivity index (χ3v) is 7.61. The Bertz CT molecular complexity index is 1050. The van der Waals surface area contributed by atoms with Crippen molar-refractivity contribution in [1.29, 1.82) is 0 Å². The van der Waals surface area contributed by atoms with E-state index in [2.05, 4.69) is 5.32 Å². The zero-order valence-corrected chi connectivity index (χ0v) is 23.5. The van der Waals surface area contributed by atoms with Crippen molar-refractivity contribution in [2.45, 2.75) is 62.3 Å². The molecule has 0 aromatic heterocycles. The second kappa shape index (κ2) is 14.5.